The van der Waals surface area contributed by atoms with Crippen LogP contribution < -0.4 is 4.90 Å². The smallest absolute Gasteiger partial charge is 0.271 e. The first kappa shape index (κ1) is 29.5. The van der Waals surface area contributed by atoms with Gasteiger partial charge in [-0.1, -0.05) is 48.2 Å². The summed E-state index contributed by atoms with van der Waals surface area (Å²) in [6.07, 6.45) is 3.82. The molecular weight excluding hydrogens is 536 g/mol. The number of benzene rings is 2. The number of carbonyl (C=O) groups excluding carboxylic acids is 2. The molecule has 0 bridgehead atoms. The zero-order valence-corrected chi connectivity index (χ0v) is 23.2. The fourth-order valence-corrected chi connectivity index (χ4v) is 6.27. The van der Waals surface area contributed by atoms with Crippen LogP contribution in [0.25, 0.3) is 6.08 Å². The minimum absolute atomic E-state index is 0.0756. The molecule has 212 valence electrons. The maximum absolute atomic E-state index is 13.6. The van der Waals surface area contributed by atoms with Crippen molar-refractivity contribution in [2.75, 3.05) is 11.5 Å². The highest BCUT2D eigenvalue weighted by atomic mass is 35.5. The van der Waals surface area contributed by atoms with Gasteiger partial charge >= 0.3 is 0 Å². The second-order valence-electron chi connectivity index (χ2n) is 10.5. The van der Waals surface area contributed by atoms with E-state index in [1.807, 2.05) is 19.9 Å². The van der Waals surface area contributed by atoms with Crippen molar-refractivity contribution < 1.29 is 29.8 Å². The maximum atomic E-state index is 13.6. The van der Waals surface area contributed by atoms with Crippen LogP contribution in [-0.2, 0) is 9.59 Å². The van der Waals surface area contributed by atoms with E-state index in [1.54, 1.807) is 12.1 Å². The van der Waals surface area contributed by atoms with Gasteiger partial charge in [0.15, 0.2) is 0 Å². The summed E-state index contributed by atoms with van der Waals surface area (Å²) >= 11 is 6.29. The molecule has 1 heterocycles. The Balaban J connectivity index is 1.57. The van der Waals surface area contributed by atoms with Gasteiger partial charge in [0.25, 0.3) is 5.69 Å². The van der Waals surface area contributed by atoms with Crippen LogP contribution in [0.3, 0.4) is 0 Å². The lowest BCUT2D eigenvalue weighted by atomic mass is 9.68. The van der Waals surface area contributed by atoms with E-state index >= 15 is 0 Å². The van der Waals surface area contributed by atoms with Gasteiger partial charge in [-0.05, 0) is 68.0 Å². The van der Waals surface area contributed by atoms with Gasteiger partial charge in [-0.15, -0.1) is 0 Å². The van der Waals surface area contributed by atoms with Crippen LogP contribution in [0, 0.1) is 27.9 Å². The molecular formula is C30H33ClN2O7. The van der Waals surface area contributed by atoms with Crippen LogP contribution in [0.15, 0.2) is 59.2 Å². The van der Waals surface area contributed by atoms with E-state index in [-0.39, 0.29) is 23.5 Å². The molecule has 1 aliphatic carbocycles. The SMILES string of the molecule is CCC/C(=C\c1ccc(O)cc1Cl)CC[C@@H](O)C1=C(C)C[C@H]2C(=O)N(c3cccc([N+](=O)[O-])c3)C(=O)[C@H]2[C@H]1CO. The lowest BCUT2D eigenvalue weighted by molar-refractivity contribution is -0.384. The monoisotopic (exact) mass is 568 g/mol. The van der Waals surface area contributed by atoms with E-state index in [1.165, 1.54) is 30.3 Å². The molecule has 2 aromatic rings. The van der Waals surface area contributed by atoms with Crippen molar-refractivity contribution in [1.82, 2.24) is 0 Å². The average Bonchev–Trinajstić information content (AvgIpc) is 3.16. The molecule has 1 saturated heterocycles. The Morgan fingerprint density at radius 3 is 2.60 bits per heavy atom. The van der Waals surface area contributed by atoms with Gasteiger partial charge in [-0.3, -0.25) is 19.7 Å². The van der Waals surface area contributed by atoms with Crippen molar-refractivity contribution in [1.29, 1.82) is 0 Å². The molecule has 10 heteroatoms. The van der Waals surface area contributed by atoms with E-state index in [4.69, 9.17) is 11.6 Å². The highest BCUT2D eigenvalue weighted by Gasteiger charge is 2.55. The van der Waals surface area contributed by atoms with Crippen molar-refractivity contribution in [2.24, 2.45) is 17.8 Å². The van der Waals surface area contributed by atoms with Crippen LogP contribution in [-0.4, -0.2) is 44.8 Å². The Morgan fingerprint density at radius 2 is 1.95 bits per heavy atom. The molecule has 4 rings (SSSR count). The summed E-state index contributed by atoms with van der Waals surface area (Å²) in [5, 5.41) is 43.1. The van der Waals surface area contributed by atoms with E-state index in [9.17, 15) is 35.0 Å². The Bertz CT molecular complexity index is 1390. The highest BCUT2D eigenvalue weighted by Crippen LogP contribution is 2.47. The number of phenols is 1. The number of anilines is 1. The second-order valence-corrected chi connectivity index (χ2v) is 10.9. The number of allylic oxidation sites excluding steroid dienone is 2. The largest absolute Gasteiger partial charge is 0.508 e. The summed E-state index contributed by atoms with van der Waals surface area (Å²) in [6.45, 7) is 3.44. The summed E-state index contributed by atoms with van der Waals surface area (Å²) < 4.78 is 0. The molecule has 0 aromatic heterocycles. The standard InChI is InChI=1S/C30H33ClN2O7/c1-3-5-18(13-19-9-10-22(35)15-25(19)31)8-11-26(36)27-17(2)12-23-28(24(27)16-34)30(38)32(29(23)37)20-6-4-7-21(14-20)33(39)40/h4,6-7,9-10,13-15,23-24,26,28,34-36H,3,5,8,11-12,16H2,1-2H3/b18-13+/t23-,24+,26-,28-/m1/s1. The van der Waals surface area contributed by atoms with Gasteiger partial charge in [0, 0.05) is 18.1 Å². The predicted octanol–water partition coefficient (Wildman–Crippen LogP) is 5.41. The molecule has 1 fully saturated rings. The molecule has 4 atom stereocenters. The number of imide groups is 1. The topological polar surface area (TPSA) is 141 Å². The predicted molar refractivity (Wildman–Crippen MR) is 152 cm³/mol. The first-order valence-corrected chi connectivity index (χ1v) is 13.7. The number of halogens is 1. The molecule has 2 aliphatic rings. The van der Waals surface area contributed by atoms with E-state index in [0.29, 0.717) is 23.4 Å². The van der Waals surface area contributed by atoms with Gasteiger partial charge in [0.05, 0.1) is 40.2 Å². The average molecular weight is 569 g/mol. The highest BCUT2D eigenvalue weighted by molar-refractivity contribution is 6.32. The van der Waals surface area contributed by atoms with E-state index < -0.39 is 47.2 Å². The lowest BCUT2D eigenvalue weighted by Gasteiger charge is -2.35. The number of aliphatic hydroxyl groups excluding tert-OH is 2. The van der Waals surface area contributed by atoms with Crippen LogP contribution in [0.5, 0.6) is 5.75 Å². The number of rotatable bonds is 10. The Labute approximate surface area is 237 Å². The van der Waals surface area contributed by atoms with Crippen LogP contribution in [0.2, 0.25) is 5.02 Å². The number of amides is 2. The Hall–Kier alpha value is -3.53. The fourth-order valence-electron chi connectivity index (χ4n) is 6.04. The lowest BCUT2D eigenvalue weighted by Crippen LogP contribution is -2.38. The Kier molecular flexibility index (Phi) is 9.08. The van der Waals surface area contributed by atoms with Crippen molar-refractivity contribution in [2.45, 2.75) is 52.1 Å². The first-order chi connectivity index (χ1) is 19.1. The molecule has 0 unspecified atom stereocenters. The fraction of sp³-hybridized carbons (Fsp3) is 0.400. The zero-order valence-electron chi connectivity index (χ0n) is 22.4. The normalized spacial score (nSPS) is 22.1. The number of hydrogen-bond acceptors (Lipinski definition) is 7. The van der Waals surface area contributed by atoms with E-state index in [0.717, 1.165) is 34.5 Å². The minimum Gasteiger partial charge on any atom is -0.508 e. The number of nitrogens with zero attached hydrogens (tertiary/aromatic N) is 2. The molecule has 3 N–H and O–H groups in total. The zero-order chi connectivity index (χ0) is 29.1. The van der Waals surface area contributed by atoms with Gasteiger partial charge in [-0.25, -0.2) is 4.90 Å². The second kappa shape index (κ2) is 12.3. The van der Waals surface area contributed by atoms with Crippen molar-refractivity contribution >= 4 is 40.9 Å². The Morgan fingerprint density at radius 1 is 1.20 bits per heavy atom. The van der Waals surface area contributed by atoms with Gasteiger partial charge < -0.3 is 15.3 Å². The van der Waals surface area contributed by atoms with Gasteiger partial charge in [0.1, 0.15) is 5.75 Å². The number of hydrogen-bond donors (Lipinski definition) is 3. The number of phenolic OH excluding ortho intramolecular Hbond substituents is 1. The number of fused-ring (bicyclic) bond motifs is 1. The molecule has 1 aliphatic heterocycles. The third kappa shape index (κ3) is 5.82. The van der Waals surface area contributed by atoms with Crippen LogP contribution >= 0.6 is 11.6 Å². The van der Waals surface area contributed by atoms with Gasteiger partial charge in [0.2, 0.25) is 11.8 Å². The third-order valence-corrected chi connectivity index (χ3v) is 8.16. The van der Waals surface area contributed by atoms with Crippen LogP contribution in [0.1, 0.15) is 51.5 Å². The number of carbonyl (C=O) groups is 2. The molecule has 0 saturated carbocycles. The number of aliphatic hydroxyl groups is 2. The van der Waals surface area contributed by atoms with Gasteiger partial charge in [-0.2, -0.15) is 0 Å². The number of nitro benzene ring substituents is 1. The molecule has 0 radical (unpaired) electrons. The summed E-state index contributed by atoms with van der Waals surface area (Å²) in [5.74, 6) is -3.24. The van der Waals surface area contributed by atoms with Crippen molar-refractivity contribution in [3.05, 3.63) is 79.9 Å². The summed E-state index contributed by atoms with van der Waals surface area (Å²) in [7, 11) is 0. The molecule has 40 heavy (non-hydrogen) atoms. The van der Waals surface area contributed by atoms with Crippen molar-refractivity contribution in [3.8, 4) is 5.75 Å². The summed E-state index contributed by atoms with van der Waals surface area (Å²) in [6, 6.07) is 10.1. The first-order valence-electron chi connectivity index (χ1n) is 13.4. The quantitative estimate of drug-likeness (QED) is 0.150. The number of non-ortho nitro benzene ring substituents is 1. The third-order valence-electron chi connectivity index (χ3n) is 7.84. The van der Waals surface area contributed by atoms with Crippen molar-refractivity contribution in [3.63, 3.8) is 0 Å². The molecule has 2 aromatic carbocycles. The number of nitro groups is 1. The number of aromatic hydroxyl groups is 1. The molecule has 2 amide bonds. The minimum atomic E-state index is -0.941. The van der Waals surface area contributed by atoms with E-state index in [2.05, 4.69) is 0 Å². The molecule has 9 nitrogen and oxygen atoms in total. The van der Waals surface area contributed by atoms with Crippen LogP contribution in [0.4, 0.5) is 11.4 Å². The summed E-state index contributed by atoms with van der Waals surface area (Å²) in [5.41, 5.74) is 3.05. The molecule has 0 spiro atoms. The maximum Gasteiger partial charge on any atom is 0.271 e. The summed E-state index contributed by atoms with van der Waals surface area (Å²) in [4.78, 5) is 38.6.